The van der Waals surface area contributed by atoms with E-state index in [1.165, 1.54) is 0 Å². The lowest BCUT2D eigenvalue weighted by Gasteiger charge is -2.43. The second-order valence-corrected chi connectivity index (χ2v) is 7.32. The molecule has 1 amide bonds. The van der Waals surface area contributed by atoms with Crippen LogP contribution in [0.2, 0.25) is 5.02 Å². The Morgan fingerprint density at radius 1 is 1.33 bits per heavy atom. The number of rotatable bonds is 2. The lowest BCUT2D eigenvalue weighted by Crippen LogP contribution is -2.51. The van der Waals surface area contributed by atoms with Gasteiger partial charge in [-0.2, -0.15) is 0 Å². The number of likely N-dealkylation sites (tertiary alicyclic amines) is 1. The number of carbonyl (C=O) groups is 1. The molecule has 1 aliphatic heterocycles. The smallest absolute Gasteiger partial charge is 0.233 e. The largest absolute Gasteiger partial charge is 0.388 e. The number of halogens is 1. The van der Waals surface area contributed by atoms with E-state index in [4.69, 9.17) is 11.6 Å². The van der Waals surface area contributed by atoms with Gasteiger partial charge in [-0.05, 0) is 37.5 Å². The third kappa shape index (κ3) is 2.36. The number of hydrogen-bond acceptors (Lipinski definition) is 2. The Hall–Kier alpha value is -1.06. The Balaban J connectivity index is 1.87. The van der Waals surface area contributed by atoms with Gasteiger partial charge in [0.2, 0.25) is 5.91 Å². The van der Waals surface area contributed by atoms with E-state index in [1.807, 2.05) is 43.0 Å². The molecule has 1 saturated carbocycles. The molecule has 1 N–H and O–H groups in total. The predicted molar refractivity (Wildman–Crippen MR) is 83.3 cm³/mol. The molecule has 114 valence electrons. The van der Waals surface area contributed by atoms with E-state index in [9.17, 15) is 9.90 Å². The summed E-state index contributed by atoms with van der Waals surface area (Å²) >= 11 is 5.96. The van der Waals surface area contributed by atoms with Gasteiger partial charge in [-0.1, -0.05) is 37.1 Å². The Bertz CT molecular complexity index is 548. The summed E-state index contributed by atoms with van der Waals surface area (Å²) in [6.07, 6.45) is 2.86. The van der Waals surface area contributed by atoms with Crippen LogP contribution in [0.4, 0.5) is 0 Å². The second kappa shape index (κ2) is 4.99. The molecule has 1 heterocycles. The number of aliphatic hydroxyl groups is 1. The summed E-state index contributed by atoms with van der Waals surface area (Å²) in [5.74, 6) is 0.282. The number of hydrogen-bond donors (Lipinski definition) is 1. The van der Waals surface area contributed by atoms with E-state index in [0.717, 1.165) is 24.8 Å². The van der Waals surface area contributed by atoms with Gasteiger partial charge in [-0.25, -0.2) is 0 Å². The van der Waals surface area contributed by atoms with E-state index in [1.54, 1.807) is 0 Å². The number of amides is 1. The SMILES string of the molecule is C[C@@H]1CN(C(=O)C2(c3ccc(Cl)cc3)CCC2)C[C@]1(C)O. The molecule has 2 atom stereocenters. The van der Waals surface area contributed by atoms with Crippen molar-refractivity contribution < 1.29 is 9.90 Å². The van der Waals surface area contributed by atoms with Gasteiger partial charge in [0.1, 0.15) is 0 Å². The van der Waals surface area contributed by atoms with Crippen LogP contribution in [-0.2, 0) is 10.2 Å². The van der Waals surface area contributed by atoms with E-state index in [2.05, 4.69) is 0 Å². The van der Waals surface area contributed by atoms with Crippen LogP contribution >= 0.6 is 11.6 Å². The zero-order valence-electron chi connectivity index (χ0n) is 12.6. The summed E-state index contributed by atoms with van der Waals surface area (Å²) in [6, 6.07) is 7.65. The summed E-state index contributed by atoms with van der Waals surface area (Å²) in [7, 11) is 0. The molecule has 21 heavy (non-hydrogen) atoms. The quantitative estimate of drug-likeness (QED) is 0.912. The third-order valence-corrected chi connectivity index (χ3v) is 5.62. The van der Waals surface area contributed by atoms with Crippen molar-refractivity contribution in [1.29, 1.82) is 0 Å². The Morgan fingerprint density at radius 2 is 1.95 bits per heavy atom. The summed E-state index contributed by atoms with van der Waals surface area (Å²) in [5, 5.41) is 11.0. The number of β-amino-alcohol motifs (C(OH)–C–C–N with tert-alkyl or cyclic N) is 1. The fourth-order valence-electron chi connectivity index (χ4n) is 3.52. The highest BCUT2D eigenvalue weighted by molar-refractivity contribution is 6.30. The zero-order valence-corrected chi connectivity index (χ0v) is 13.4. The number of nitrogens with zero attached hydrogens (tertiary/aromatic N) is 1. The molecule has 0 unspecified atom stereocenters. The first-order chi connectivity index (χ1) is 9.85. The second-order valence-electron chi connectivity index (χ2n) is 6.89. The van der Waals surface area contributed by atoms with Gasteiger partial charge >= 0.3 is 0 Å². The predicted octanol–water partition coefficient (Wildman–Crippen LogP) is 2.99. The van der Waals surface area contributed by atoms with Crippen LogP contribution in [0.15, 0.2) is 24.3 Å². The molecule has 0 spiro atoms. The Kier molecular flexibility index (Phi) is 3.53. The lowest BCUT2D eigenvalue weighted by molar-refractivity contribution is -0.140. The standard InChI is InChI=1S/C17H22ClNO2/c1-12-10-19(11-16(12,2)21)15(20)17(8-3-9-17)13-4-6-14(18)7-5-13/h4-7,12,21H,3,8-11H2,1-2H3/t12-,16+/m1/s1. The van der Waals surface area contributed by atoms with Crippen LogP contribution in [0.25, 0.3) is 0 Å². The minimum atomic E-state index is -0.777. The molecule has 2 aliphatic rings. The van der Waals surface area contributed by atoms with Gasteiger partial charge < -0.3 is 10.0 Å². The molecule has 4 heteroatoms. The van der Waals surface area contributed by atoms with Crippen molar-refractivity contribution in [2.75, 3.05) is 13.1 Å². The minimum absolute atomic E-state index is 0.115. The van der Waals surface area contributed by atoms with E-state index in [0.29, 0.717) is 18.1 Å². The van der Waals surface area contributed by atoms with Crippen LogP contribution in [-0.4, -0.2) is 34.6 Å². The average Bonchev–Trinajstić information content (AvgIpc) is 2.65. The molecule has 2 fully saturated rings. The molecule has 1 aliphatic carbocycles. The third-order valence-electron chi connectivity index (χ3n) is 5.37. The fraction of sp³-hybridized carbons (Fsp3) is 0.588. The van der Waals surface area contributed by atoms with Crippen LogP contribution in [0.5, 0.6) is 0 Å². The highest BCUT2D eigenvalue weighted by atomic mass is 35.5. The summed E-state index contributed by atoms with van der Waals surface area (Å²) < 4.78 is 0. The molecule has 0 radical (unpaired) electrons. The average molecular weight is 308 g/mol. The molecule has 1 aromatic rings. The number of carbonyl (C=O) groups excluding carboxylic acids is 1. The maximum absolute atomic E-state index is 13.1. The van der Waals surface area contributed by atoms with Crippen molar-refractivity contribution in [3.8, 4) is 0 Å². The van der Waals surface area contributed by atoms with Gasteiger partial charge in [0, 0.05) is 24.0 Å². The maximum atomic E-state index is 13.1. The van der Waals surface area contributed by atoms with Gasteiger partial charge in [0.25, 0.3) is 0 Å². The molecule has 1 saturated heterocycles. The van der Waals surface area contributed by atoms with E-state index < -0.39 is 11.0 Å². The molecule has 0 aromatic heterocycles. The van der Waals surface area contributed by atoms with Gasteiger partial charge in [-0.3, -0.25) is 4.79 Å². The van der Waals surface area contributed by atoms with Crippen molar-refractivity contribution >= 4 is 17.5 Å². The number of benzene rings is 1. The minimum Gasteiger partial charge on any atom is -0.388 e. The maximum Gasteiger partial charge on any atom is 0.233 e. The van der Waals surface area contributed by atoms with Gasteiger partial charge in [0.15, 0.2) is 0 Å². The molecular formula is C17H22ClNO2. The van der Waals surface area contributed by atoms with Crippen molar-refractivity contribution in [3.05, 3.63) is 34.9 Å². The highest BCUT2D eigenvalue weighted by Crippen LogP contribution is 2.46. The normalized spacial score (nSPS) is 31.0. The first kappa shape index (κ1) is 14.9. The van der Waals surface area contributed by atoms with Crippen LogP contribution in [0.1, 0.15) is 38.7 Å². The molecule has 0 bridgehead atoms. The monoisotopic (exact) mass is 307 g/mol. The Morgan fingerprint density at radius 3 is 2.38 bits per heavy atom. The first-order valence-corrected chi connectivity index (χ1v) is 8.01. The molecule has 3 nitrogen and oxygen atoms in total. The molecular weight excluding hydrogens is 286 g/mol. The highest BCUT2D eigenvalue weighted by Gasteiger charge is 2.51. The van der Waals surface area contributed by atoms with E-state index >= 15 is 0 Å². The van der Waals surface area contributed by atoms with Gasteiger partial charge in [0.05, 0.1) is 11.0 Å². The Labute approximate surface area is 130 Å². The van der Waals surface area contributed by atoms with Crippen LogP contribution in [0, 0.1) is 5.92 Å². The fourth-order valence-corrected chi connectivity index (χ4v) is 3.64. The van der Waals surface area contributed by atoms with Crippen molar-refractivity contribution in [3.63, 3.8) is 0 Å². The first-order valence-electron chi connectivity index (χ1n) is 7.63. The molecule has 1 aromatic carbocycles. The van der Waals surface area contributed by atoms with Crippen LogP contribution in [0.3, 0.4) is 0 Å². The van der Waals surface area contributed by atoms with Gasteiger partial charge in [-0.15, -0.1) is 0 Å². The topological polar surface area (TPSA) is 40.5 Å². The lowest BCUT2D eigenvalue weighted by atomic mass is 9.63. The summed E-state index contributed by atoms with van der Waals surface area (Å²) in [4.78, 5) is 14.9. The van der Waals surface area contributed by atoms with Crippen molar-refractivity contribution in [2.45, 2.75) is 44.1 Å². The summed E-state index contributed by atoms with van der Waals surface area (Å²) in [6.45, 7) is 4.90. The summed E-state index contributed by atoms with van der Waals surface area (Å²) in [5.41, 5.74) is -0.118. The van der Waals surface area contributed by atoms with Crippen molar-refractivity contribution in [1.82, 2.24) is 4.90 Å². The van der Waals surface area contributed by atoms with Crippen molar-refractivity contribution in [2.24, 2.45) is 5.92 Å². The van der Waals surface area contributed by atoms with E-state index in [-0.39, 0.29) is 11.8 Å². The van der Waals surface area contributed by atoms with Crippen LogP contribution < -0.4 is 0 Å². The molecule has 3 rings (SSSR count). The zero-order chi connectivity index (χ0) is 15.3.